The van der Waals surface area contributed by atoms with Crippen LogP contribution in [0.5, 0.6) is 11.5 Å². The van der Waals surface area contributed by atoms with Gasteiger partial charge in [-0.15, -0.1) is 11.3 Å². The molecule has 1 aromatic heterocycles. The Morgan fingerprint density at radius 2 is 2.00 bits per heavy atom. The van der Waals surface area contributed by atoms with Gasteiger partial charge in [-0.1, -0.05) is 29.3 Å². The maximum absolute atomic E-state index is 12.5. The highest BCUT2D eigenvalue weighted by Crippen LogP contribution is 2.40. The Bertz CT molecular complexity index is 791. The van der Waals surface area contributed by atoms with Gasteiger partial charge in [0.15, 0.2) is 11.5 Å². The first kappa shape index (κ1) is 18.1. The van der Waals surface area contributed by atoms with Crippen LogP contribution in [0.25, 0.3) is 0 Å². The number of fused-ring (bicyclic) bond motifs is 1. The third-order valence-corrected chi connectivity index (χ3v) is 5.78. The fourth-order valence-corrected chi connectivity index (χ4v) is 4.55. The van der Waals surface area contributed by atoms with Crippen molar-refractivity contribution in [3.05, 3.63) is 38.7 Å². The van der Waals surface area contributed by atoms with Crippen LogP contribution in [0.15, 0.2) is 22.7 Å². The lowest BCUT2D eigenvalue weighted by Crippen LogP contribution is -2.37. The average Bonchev–Trinajstić information content (AvgIpc) is 2.99. The summed E-state index contributed by atoms with van der Waals surface area (Å²) >= 11 is 5.23. The second-order valence-electron chi connectivity index (χ2n) is 5.71. The van der Waals surface area contributed by atoms with Gasteiger partial charge in [-0.2, -0.15) is 0 Å². The smallest absolute Gasteiger partial charge is 0.256 e. The summed E-state index contributed by atoms with van der Waals surface area (Å²) in [6.45, 7) is 4.62. The Balaban J connectivity index is 1.93. The summed E-state index contributed by atoms with van der Waals surface area (Å²) in [5.74, 6) is 1.25. The molecule has 1 amide bonds. The zero-order valence-corrected chi connectivity index (χ0v) is 16.8. The molecule has 0 fully saturated rings. The van der Waals surface area contributed by atoms with Gasteiger partial charge in [0, 0.05) is 14.9 Å². The molecule has 2 N–H and O–H groups in total. The van der Waals surface area contributed by atoms with Gasteiger partial charge in [0.2, 0.25) is 0 Å². The molecule has 0 bridgehead atoms. The fraction of sp³-hybridized carbons (Fsp3) is 0.389. The van der Waals surface area contributed by atoms with Crippen molar-refractivity contribution in [3.8, 4) is 11.5 Å². The van der Waals surface area contributed by atoms with E-state index < -0.39 is 0 Å². The topological polar surface area (TPSA) is 59.6 Å². The molecular formula is C18H21BrN2O3S. The van der Waals surface area contributed by atoms with Crippen molar-refractivity contribution >= 4 is 38.2 Å². The van der Waals surface area contributed by atoms with Gasteiger partial charge in [0.25, 0.3) is 5.91 Å². The number of hydrogen-bond acceptors (Lipinski definition) is 5. The molecule has 0 saturated carbocycles. The van der Waals surface area contributed by atoms with Gasteiger partial charge < -0.3 is 20.1 Å². The van der Waals surface area contributed by atoms with Gasteiger partial charge in [-0.05, 0) is 31.5 Å². The molecule has 1 aliphatic rings. The maximum Gasteiger partial charge on any atom is 0.256 e. The van der Waals surface area contributed by atoms with Gasteiger partial charge in [-0.3, -0.25) is 4.79 Å². The van der Waals surface area contributed by atoms with Crippen LogP contribution >= 0.6 is 27.3 Å². The summed E-state index contributed by atoms with van der Waals surface area (Å²) in [5, 5.41) is 7.36. The van der Waals surface area contributed by atoms with E-state index in [9.17, 15) is 4.79 Å². The number of aryl methyl sites for hydroxylation is 1. The summed E-state index contributed by atoms with van der Waals surface area (Å²) in [7, 11) is 1.61. The number of ether oxygens (including phenoxy) is 2. The third-order valence-electron chi connectivity index (χ3n) is 3.97. The average molecular weight is 425 g/mol. The summed E-state index contributed by atoms with van der Waals surface area (Å²) in [5.41, 5.74) is 1.61. The highest BCUT2D eigenvalue weighted by molar-refractivity contribution is 9.10. The minimum absolute atomic E-state index is 0.0582. The highest BCUT2D eigenvalue weighted by atomic mass is 79.9. The molecule has 25 heavy (non-hydrogen) atoms. The lowest BCUT2D eigenvalue weighted by atomic mass is 10.1. The minimum atomic E-state index is -0.327. The van der Waals surface area contributed by atoms with Gasteiger partial charge in [0.05, 0.1) is 19.3 Å². The molecule has 3 rings (SSSR count). The zero-order valence-electron chi connectivity index (χ0n) is 14.4. The second-order valence-corrected chi connectivity index (χ2v) is 7.71. The summed E-state index contributed by atoms with van der Waals surface area (Å²) < 4.78 is 11.9. The number of methoxy groups -OCH3 is 1. The molecule has 0 unspecified atom stereocenters. The molecule has 0 saturated heterocycles. The van der Waals surface area contributed by atoms with Crippen molar-refractivity contribution in [2.45, 2.75) is 32.9 Å². The van der Waals surface area contributed by atoms with E-state index in [1.165, 1.54) is 4.88 Å². The monoisotopic (exact) mass is 424 g/mol. The van der Waals surface area contributed by atoms with E-state index in [2.05, 4.69) is 33.5 Å². The lowest BCUT2D eigenvalue weighted by Gasteiger charge is -2.27. The Morgan fingerprint density at radius 1 is 1.20 bits per heavy atom. The molecule has 134 valence electrons. The zero-order chi connectivity index (χ0) is 18.0. The first-order valence-corrected chi connectivity index (χ1v) is 9.88. The molecule has 0 spiro atoms. The Labute approximate surface area is 159 Å². The Kier molecular flexibility index (Phi) is 5.54. The van der Waals surface area contributed by atoms with E-state index in [0.717, 1.165) is 33.4 Å². The van der Waals surface area contributed by atoms with Crippen LogP contribution in [-0.4, -0.2) is 19.6 Å². The number of nitrogens with one attached hydrogen (secondary N) is 2. The number of halogens is 1. The molecule has 1 aliphatic heterocycles. The maximum atomic E-state index is 12.5. The van der Waals surface area contributed by atoms with Crippen molar-refractivity contribution in [3.63, 3.8) is 0 Å². The van der Waals surface area contributed by atoms with Crippen LogP contribution in [0.2, 0.25) is 0 Å². The van der Waals surface area contributed by atoms with Crippen LogP contribution in [0.1, 0.15) is 47.2 Å². The summed E-state index contributed by atoms with van der Waals surface area (Å²) in [4.78, 5) is 13.7. The fourth-order valence-electron chi connectivity index (χ4n) is 2.82. The van der Waals surface area contributed by atoms with Crippen molar-refractivity contribution < 1.29 is 14.3 Å². The van der Waals surface area contributed by atoms with Crippen LogP contribution in [0.4, 0.5) is 5.00 Å². The van der Waals surface area contributed by atoms with E-state index in [-0.39, 0.29) is 12.1 Å². The predicted molar refractivity (Wildman–Crippen MR) is 104 cm³/mol. The molecule has 1 aromatic carbocycles. The SMILES string of the molecule is CCCc1cc2c(s1)N[C@H](c1cc(OC)c(OCC)cc1Br)NC2=O. The number of anilines is 1. The lowest BCUT2D eigenvalue weighted by molar-refractivity contribution is 0.0936. The number of benzene rings is 1. The standard InChI is InChI=1S/C18H21BrN2O3S/c1-4-6-10-7-12-17(22)20-16(21-18(12)25-10)11-8-14(23-3)15(24-5-2)9-13(11)19/h7-9,16,21H,4-6H2,1-3H3,(H,20,22)/t16-/m1/s1. The summed E-state index contributed by atoms with van der Waals surface area (Å²) in [6, 6.07) is 5.74. The van der Waals surface area contributed by atoms with E-state index in [4.69, 9.17) is 9.47 Å². The molecule has 1 atom stereocenters. The van der Waals surface area contributed by atoms with Crippen LogP contribution < -0.4 is 20.1 Å². The van der Waals surface area contributed by atoms with Crippen LogP contribution in [-0.2, 0) is 6.42 Å². The molecule has 2 heterocycles. The predicted octanol–water partition coefficient (Wildman–Crippen LogP) is 4.72. The second kappa shape index (κ2) is 7.66. The Morgan fingerprint density at radius 3 is 2.68 bits per heavy atom. The molecular weight excluding hydrogens is 404 g/mol. The molecule has 0 aliphatic carbocycles. The molecule has 7 heteroatoms. The van der Waals surface area contributed by atoms with E-state index in [1.807, 2.05) is 25.1 Å². The molecule has 2 aromatic rings. The van der Waals surface area contributed by atoms with E-state index >= 15 is 0 Å². The first-order valence-electron chi connectivity index (χ1n) is 8.27. The van der Waals surface area contributed by atoms with E-state index in [0.29, 0.717) is 18.1 Å². The van der Waals surface area contributed by atoms with Crippen LogP contribution in [0.3, 0.4) is 0 Å². The number of thiophene rings is 1. The van der Waals surface area contributed by atoms with Gasteiger partial charge in [-0.25, -0.2) is 0 Å². The quantitative estimate of drug-likeness (QED) is 0.703. The highest BCUT2D eigenvalue weighted by Gasteiger charge is 2.29. The molecule has 5 nitrogen and oxygen atoms in total. The van der Waals surface area contributed by atoms with Crippen LogP contribution in [0, 0.1) is 0 Å². The van der Waals surface area contributed by atoms with Crippen molar-refractivity contribution in [2.24, 2.45) is 0 Å². The van der Waals surface area contributed by atoms with Gasteiger partial charge in [0.1, 0.15) is 11.2 Å². The number of rotatable bonds is 6. The number of carbonyl (C=O) groups excluding carboxylic acids is 1. The van der Waals surface area contributed by atoms with Crippen molar-refractivity contribution in [2.75, 3.05) is 19.0 Å². The summed E-state index contributed by atoms with van der Waals surface area (Å²) in [6.07, 6.45) is 1.72. The largest absolute Gasteiger partial charge is 0.493 e. The van der Waals surface area contributed by atoms with Crippen molar-refractivity contribution in [1.29, 1.82) is 0 Å². The Hall–Kier alpha value is -1.73. The van der Waals surface area contributed by atoms with E-state index in [1.54, 1.807) is 18.4 Å². The minimum Gasteiger partial charge on any atom is -0.493 e. The number of hydrogen-bond donors (Lipinski definition) is 2. The molecule has 0 radical (unpaired) electrons. The van der Waals surface area contributed by atoms with Gasteiger partial charge >= 0.3 is 0 Å². The number of carbonyl (C=O) groups is 1. The number of amides is 1. The normalized spacial score (nSPS) is 16.0. The third kappa shape index (κ3) is 3.62. The van der Waals surface area contributed by atoms with Crippen molar-refractivity contribution in [1.82, 2.24) is 5.32 Å². The first-order chi connectivity index (χ1) is 12.1.